The van der Waals surface area contributed by atoms with Crippen molar-refractivity contribution in [3.63, 3.8) is 0 Å². The first kappa shape index (κ1) is 15.8. The van der Waals surface area contributed by atoms with Gasteiger partial charge in [0.2, 0.25) is 0 Å². The first-order valence-electron chi connectivity index (χ1n) is 9.03. The van der Waals surface area contributed by atoms with Crippen molar-refractivity contribution in [2.24, 2.45) is 23.2 Å². The smallest absolute Gasteiger partial charge is 0.0593 e. The number of rotatable bonds is 8. The average Bonchev–Trinajstić information content (AvgIpc) is 2.40. The molecule has 0 aliphatic heterocycles. The molecule has 0 amide bonds. The Morgan fingerprint density at radius 2 is 1.62 bits per heavy atom. The van der Waals surface area contributed by atoms with Crippen molar-refractivity contribution in [1.82, 2.24) is 10.2 Å². The van der Waals surface area contributed by atoms with E-state index in [-0.39, 0.29) is 0 Å². The number of ether oxygens (including phenoxy) is 1. The van der Waals surface area contributed by atoms with Crippen LogP contribution in [0.2, 0.25) is 0 Å². The Morgan fingerprint density at radius 3 is 2.14 bits per heavy atom. The monoisotopic (exact) mass is 294 g/mol. The second kappa shape index (κ2) is 6.55. The molecule has 4 bridgehead atoms. The van der Waals surface area contributed by atoms with Gasteiger partial charge in [-0.1, -0.05) is 0 Å². The van der Waals surface area contributed by atoms with Crippen LogP contribution in [0.25, 0.3) is 0 Å². The van der Waals surface area contributed by atoms with Crippen molar-refractivity contribution in [3.8, 4) is 0 Å². The highest BCUT2D eigenvalue weighted by atomic mass is 16.5. The van der Waals surface area contributed by atoms with E-state index in [4.69, 9.17) is 4.74 Å². The quantitative estimate of drug-likeness (QED) is 0.697. The van der Waals surface area contributed by atoms with E-state index in [1.807, 2.05) is 0 Å². The Labute approximate surface area is 130 Å². The van der Waals surface area contributed by atoms with Gasteiger partial charge in [0.05, 0.1) is 13.2 Å². The minimum Gasteiger partial charge on any atom is -0.379 e. The van der Waals surface area contributed by atoms with Crippen molar-refractivity contribution in [1.29, 1.82) is 0 Å². The third kappa shape index (κ3) is 3.62. The van der Waals surface area contributed by atoms with Crippen molar-refractivity contribution in [2.45, 2.75) is 51.5 Å². The fourth-order valence-corrected chi connectivity index (χ4v) is 5.62. The van der Waals surface area contributed by atoms with E-state index in [1.54, 1.807) is 19.3 Å². The molecule has 0 radical (unpaired) electrons. The summed E-state index contributed by atoms with van der Waals surface area (Å²) in [5, 5.41) is 3.79. The van der Waals surface area contributed by atoms with E-state index in [0.717, 1.165) is 44.1 Å². The zero-order chi connectivity index (χ0) is 14.9. The highest BCUT2D eigenvalue weighted by Crippen LogP contribution is 2.61. The van der Waals surface area contributed by atoms with E-state index < -0.39 is 0 Å². The van der Waals surface area contributed by atoms with Crippen molar-refractivity contribution < 1.29 is 4.74 Å². The van der Waals surface area contributed by atoms with Crippen LogP contribution in [-0.4, -0.2) is 51.3 Å². The first-order valence-corrected chi connectivity index (χ1v) is 9.03. The van der Waals surface area contributed by atoms with Crippen LogP contribution in [0, 0.1) is 23.2 Å². The van der Waals surface area contributed by atoms with Crippen LogP contribution in [-0.2, 0) is 4.74 Å². The summed E-state index contributed by atoms with van der Waals surface area (Å²) in [6, 6.07) is 0.670. The minimum absolute atomic E-state index is 0.623. The summed E-state index contributed by atoms with van der Waals surface area (Å²) >= 11 is 0. The molecular formula is C18H34N2O. The molecule has 0 aromatic heterocycles. The molecule has 0 aromatic rings. The van der Waals surface area contributed by atoms with Gasteiger partial charge < -0.3 is 15.0 Å². The molecule has 4 aliphatic rings. The number of hydrogen-bond donors (Lipinski definition) is 1. The first-order chi connectivity index (χ1) is 10.1. The highest BCUT2D eigenvalue weighted by Gasteiger charge is 2.52. The molecule has 0 heterocycles. The van der Waals surface area contributed by atoms with Crippen LogP contribution < -0.4 is 5.32 Å². The Kier molecular flexibility index (Phi) is 4.92. The highest BCUT2D eigenvalue weighted by molar-refractivity contribution is 5.05. The molecule has 4 rings (SSSR count). The van der Waals surface area contributed by atoms with Crippen LogP contribution in [0.5, 0.6) is 0 Å². The van der Waals surface area contributed by atoms with Gasteiger partial charge in [-0.25, -0.2) is 0 Å². The second-order valence-electron chi connectivity index (χ2n) is 8.37. The van der Waals surface area contributed by atoms with Gasteiger partial charge in [-0.05, 0) is 82.7 Å². The van der Waals surface area contributed by atoms with Gasteiger partial charge in [-0.3, -0.25) is 0 Å². The van der Waals surface area contributed by atoms with E-state index in [2.05, 4.69) is 31.2 Å². The zero-order valence-electron chi connectivity index (χ0n) is 14.2. The summed E-state index contributed by atoms with van der Waals surface area (Å²) in [7, 11) is 4.19. The Bertz CT molecular complexity index is 307. The fraction of sp³-hybridized carbons (Fsp3) is 1.00. The summed E-state index contributed by atoms with van der Waals surface area (Å²) in [6.07, 6.45) is 9.11. The van der Waals surface area contributed by atoms with Crippen LogP contribution in [0.1, 0.15) is 45.4 Å². The fourth-order valence-electron chi connectivity index (χ4n) is 5.62. The summed E-state index contributed by atoms with van der Waals surface area (Å²) in [4.78, 5) is 2.17. The predicted octanol–water partition coefficient (Wildman–Crippen LogP) is 2.76. The summed E-state index contributed by atoms with van der Waals surface area (Å²) < 4.78 is 5.71. The number of likely N-dealkylation sites (N-methyl/N-ethyl adjacent to an activating group) is 1. The summed E-state index contributed by atoms with van der Waals surface area (Å²) in [6.45, 7) is 6.17. The van der Waals surface area contributed by atoms with Crippen LogP contribution >= 0.6 is 0 Å². The maximum absolute atomic E-state index is 5.71. The number of nitrogens with zero attached hydrogens (tertiary/aromatic N) is 1. The lowest BCUT2D eigenvalue weighted by atomic mass is 9.48. The lowest BCUT2D eigenvalue weighted by Crippen LogP contribution is -2.55. The molecule has 1 N–H and O–H groups in total. The molecule has 0 spiro atoms. The standard InChI is InChI=1S/C18H34N2O/c1-14(19-4-6-21-7-5-20(2)3)18-11-15-8-16(12-18)10-17(9-15)13-18/h14-17,19H,4-13H2,1-3H3. The van der Waals surface area contributed by atoms with Crippen LogP contribution in [0.15, 0.2) is 0 Å². The topological polar surface area (TPSA) is 24.5 Å². The minimum atomic E-state index is 0.623. The molecule has 0 saturated heterocycles. The Hall–Kier alpha value is -0.120. The normalized spacial score (nSPS) is 39.1. The van der Waals surface area contributed by atoms with Gasteiger partial charge in [-0.15, -0.1) is 0 Å². The number of nitrogens with one attached hydrogen (secondary N) is 1. The van der Waals surface area contributed by atoms with Crippen molar-refractivity contribution in [3.05, 3.63) is 0 Å². The lowest BCUT2D eigenvalue weighted by molar-refractivity contribution is -0.0710. The maximum atomic E-state index is 5.71. The third-order valence-electron chi connectivity index (χ3n) is 6.38. The largest absolute Gasteiger partial charge is 0.379 e. The van der Waals surface area contributed by atoms with E-state index in [9.17, 15) is 0 Å². The van der Waals surface area contributed by atoms with Crippen molar-refractivity contribution >= 4 is 0 Å². The van der Waals surface area contributed by atoms with Gasteiger partial charge in [0.25, 0.3) is 0 Å². The molecule has 3 heteroatoms. The van der Waals surface area contributed by atoms with E-state index in [0.29, 0.717) is 11.5 Å². The van der Waals surface area contributed by atoms with E-state index in [1.165, 1.54) is 19.3 Å². The molecule has 1 unspecified atom stereocenters. The number of hydrogen-bond acceptors (Lipinski definition) is 3. The van der Waals surface area contributed by atoms with Gasteiger partial charge in [0.15, 0.2) is 0 Å². The molecule has 122 valence electrons. The van der Waals surface area contributed by atoms with Gasteiger partial charge in [0.1, 0.15) is 0 Å². The summed E-state index contributed by atoms with van der Waals surface area (Å²) in [5.41, 5.74) is 0.623. The van der Waals surface area contributed by atoms with Gasteiger partial charge >= 0.3 is 0 Å². The predicted molar refractivity (Wildman–Crippen MR) is 87.4 cm³/mol. The Morgan fingerprint density at radius 1 is 1.05 bits per heavy atom. The van der Waals surface area contributed by atoms with E-state index >= 15 is 0 Å². The maximum Gasteiger partial charge on any atom is 0.0593 e. The molecule has 4 aliphatic carbocycles. The summed E-state index contributed by atoms with van der Waals surface area (Å²) in [5.74, 6) is 3.16. The van der Waals surface area contributed by atoms with Crippen molar-refractivity contribution in [2.75, 3.05) is 40.4 Å². The lowest BCUT2D eigenvalue weighted by Gasteiger charge is -2.59. The second-order valence-corrected chi connectivity index (χ2v) is 8.37. The van der Waals surface area contributed by atoms with Crippen LogP contribution in [0.3, 0.4) is 0 Å². The third-order valence-corrected chi connectivity index (χ3v) is 6.38. The Balaban J connectivity index is 1.40. The van der Waals surface area contributed by atoms with Crippen LogP contribution in [0.4, 0.5) is 0 Å². The molecule has 0 aromatic carbocycles. The molecule has 4 fully saturated rings. The molecule has 1 atom stereocenters. The average molecular weight is 294 g/mol. The molecule has 3 nitrogen and oxygen atoms in total. The molecule has 21 heavy (non-hydrogen) atoms. The molecular weight excluding hydrogens is 260 g/mol. The SMILES string of the molecule is CC(NCCOCCN(C)C)C12CC3CC(CC(C3)C1)C2. The van der Waals surface area contributed by atoms with Gasteiger partial charge in [0, 0.05) is 19.1 Å². The molecule has 4 saturated carbocycles. The van der Waals surface area contributed by atoms with Gasteiger partial charge in [-0.2, -0.15) is 0 Å². The zero-order valence-corrected chi connectivity index (χ0v) is 14.2.